The molecule has 1 aromatic carbocycles. The van der Waals surface area contributed by atoms with Crippen molar-refractivity contribution in [3.8, 4) is 0 Å². The molecule has 6 nitrogen and oxygen atoms in total. The SMILES string of the molecule is O=C(CCCN1CCCCC1)c1ccccc1.[O-][Cl+3]([O-])([O-])O. The maximum atomic E-state index is 11.9. The fourth-order valence-electron chi connectivity index (χ4n) is 2.41. The van der Waals surface area contributed by atoms with E-state index in [1.54, 1.807) is 0 Å². The molecule has 0 bridgehead atoms. The lowest BCUT2D eigenvalue weighted by Gasteiger charge is -2.26. The first-order valence-corrected chi connectivity index (χ1v) is 8.56. The molecule has 1 aliphatic rings. The number of carbonyl (C=O) groups excluding carboxylic acids is 1. The number of carbonyl (C=O) groups is 1. The lowest BCUT2D eigenvalue weighted by Crippen LogP contribution is -2.58. The van der Waals surface area contributed by atoms with E-state index in [0.717, 1.165) is 18.5 Å². The van der Waals surface area contributed by atoms with Crippen molar-refractivity contribution < 1.29 is 33.7 Å². The molecule has 1 fully saturated rings. The van der Waals surface area contributed by atoms with Crippen LogP contribution in [0.2, 0.25) is 0 Å². The van der Waals surface area contributed by atoms with Gasteiger partial charge in [-0.05, 0) is 38.9 Å². The number of halogens is 1. The highest BCUT2D eigenvalue weighted by Gasteiger charge is 2.10. The highest BCUT2D eigenvalue weighted by Crippen LogP contribution is 2.11. The standard InChI is InChI=1S/C15H21NO.ClHO4/c17-15(14-8-3-1-4-9-14)10-7-13-16-11-5-2-6-12-16;2-1(3,4)5/h1,3-4,8-9H,2,5-7,10-13H2;(H,2,3,4,5). The van der Waals surface area contributed by atoms with E-state index in [1.807, 2.05) is 30.3 Å². The highest BCUT2D eigenvalue weighted by atomic mass is 35.7. The van der Waals surface area contributed by atoms with Crippen LogP contribution in [0.4, 0.5) is 0 Å². The first kappa shape index (κ1) is 19.0. The molecule has 0 saturated carbocycles. The summed E-state index contributed by atoms with van der Waals surface area (Å²) in [6, 6.07) is 9.62. The molecule has 0 aromatic heterocycles. The zero-order valence-electron chi connectivity index (χ0n) is 12.4. The highest BCUT2D eigenvalue weighted by molar-refractivity contribution is 5.95. The number of benzene rings is 1. The third-order valence-corrected chi connectivity index (χ3v) is 3.42. The zero-order valence-corrected chi connectivity index (χ0v) is 13.2. The van der Waals surface area contributed by atoms with Crippen LogP contribution in [0.3, 0.4) is 0 Å². The largest absolute Gasteiger partial charge is 0.303 e. The minimum Gasteiger partial charge on any atom is -0.303 e. The lowest BCUT2D eigenvalue weighted by molar-refractivity contribution is -1.92. The van der Waals surface area contributed by atoms with E-state index >= 15 is 0 Å². The van der Waals surface area contributed by atoms with Gasteiger partial charge in [-0.25, -0.2) is 0 Å². The van der Waals surface area contributed by atoms with Crippen molar-refractivity contribution in [2.24, 2.45) is 0 Å². The molecule has 124 valence electrons. The molecule has 0 spiro atoms. The summed E-state index contributed by atoms with van der Waals surface area (Å²) in [6.07, 6.45) is 5.70. The maximum absolute atomic E-state index is 11.9. The minimum absolute atomic E-state index is 0.280. The molecule has 1 aliphatic heterocycles. The molecule has 0 unspecified atom stereocenters. The number of likely N-dealkylation sites (tertiary alicyclic amines) is 1. The molecule has 0 radical (unpaired) electrons. The Bertz CT molecular complexity index is 423. The second kappa shape index (κ2) is 9.89. The Balaban J connectivity index is 0.000000422. The smallest absolute Gasteiger partial charge is 0.162 e. The summed E-state index contributed by atoms with van der Waals surface area (Å²) in [5, 5.41) is 0. The van der Waals surface area contributed by atoms with Crippen LogP contribution < -0.4 is 14.0 Å². The summed E-state index contributed by atoms with van der Waals surface area (Å²) in [5.41, 5.74) is 0.853. The van der Waals surface area contributed by atoms with Gasteiger partial charge in [0.2, 0.25) is 0 Å². The molecule has 7 heteroatoms. The number of nitrogens with zero attached hydrogens (tertiary/aromatic N) is 1. The third kappa shape index (κ3) is 9.83. The van der Waals surface area contributed by atoms with Crippen molar-refractivity contribution in [3.05, 3.63) is 35.9 Å². The van der Waals surface area contributed by atoms with Gasteiger partial charge < -0.3 is 4.90 Å². The van der Waals surface area contributed by atoms with Gasteiger partial charge in [-0.3, -0.25) is 4.79 Å². The maximum Gasteiger partial charge on any atom is 0.162 e. The molecule has 0 atom stereocenters. The Morgan fingerprint density at radius 2 is 1.64 bits per heavy atom. The van der Waals surface area contributed by atoms with Crippen molar-refractivity contribution in [1.29, 1.82) is 0 Å². The number of hydrogen-bond donors (Lipinski definition) is 1. The monoisotopic (exact) mass is 331 g/mol. The molecule has 1 saturated heterocycles. The van der Waals surface area contributed by atoms with E-state index in [2.05, 4.69) is 4.90 Å². The van der Waals surface area contributed by atoms with Gasteiger partial charge in [0.25, 0.3) is 0 Å². The van der Waals surface area contributed by atoms with Crippen LogP contribution >= 0.6 is 0 Å². The summed E-state index contributed by atoms with van der Waals surface area (Å²) in [4.78, 5) is 14.4. The Labute approximate surface area is 132 Å². The van der Waals surface area contributed by atoms with E-state index in [4.69, 9.17) is 18.6 Å². The quantitative estimate of drug-likeness (QED) is 0.694. The number of rotatable bonds is 5. The molecule has 1 aromatic rings. The van der Waals surface area contributed by atoms with Gasteiger partial charge in [-0.2, -0.15) is 14.0 Å². The van der Waals surface area contributed by atoms with E-state index in [1.165, 1.54) is 32.4 Å². The van der Waals surface area contributed by atoms with Crippen LogP contribution in [0.25, 0.3) is 0 Å². The van der Waals surface area contributed by atoms with Crippen LogP contribution in [0.1, 0.15) is 42.5 Å². The zero-order chi connectivity index (χ0) is 16.4. The van der Waals surface area contributed by atoms with Crippen molar-refractivity contribution >= 4 is 5.78 Å². The van der Waals surface area contributed by atoms with Gasteiger partial charge in [-0.15, -0.1) is 0 Å². The van der Waals surface area contributed by atoms with Crippen molar-refractivity contribution in [3.63, 3.8) is 0 Å². The van der Waals surface area contributed by atoms with E-state index in [9.17, 15) is 4.79 Å². The van der Waals surface area contributed by atoms with Crippen LogP contribution in [-0.2, 0) is 0 Å². The van der Waals surface area contributed by atoms with Crippen LogP contribution in [0.5, 0.6) is 0 Å². The Hall–Kier alpha value is -1.02. The number of hydrogen-bond acceptors (Lipinski definition) is 6. The molecule has 1 heterocycles. The lowest BCUT2D eigenvalue weighted by atomic mass is 10.1. The predicted molar refractivity (Wildman–Crippen MR) is 72.5 cm³/mol. The van der Waals surface area contributed by atoms with Gasteiger partial charge in [0.15, 0.2) is 5.78 Å². The molecule has 22 heavy (non-hydrogen) atoms. The topological polar surface area (TPSA) is 110 Å². The third-order valence-electron chi connectivity index (χ3n) is 3.42. The molecule has 0 amide bonds. The number of ketones is 1. The summed E-state index contributed by atoms with van der Waals surface area (Å²) in [5.74, 6) is 0.280. The van der Waals surface area contributed by atoms with Gasteiger partial charge in [-0.1, -0.05) is 36.8 Å². The summed E-state index contributed by atoms with van der Waals surface area (Å²) in [7, 11) is -4.69. The average molecular weight is 332 g/mol. The normalized spacial score (nSPS) is 15.8. The Morgan fingerprint density at radius 1 is 1.09 bits per heavy atom. The Morgan fingerprint density at radius 3 is 2.18 bits per heavy atom. The minimum atomic E-state index is -4.69. The van der Waals surface area contributed by atoms with Crippen molar-refractivity contribution in [2.45, 2.75) is 32.1 Å². The molecule has 2 rings (SSSR count). The molecular formula is C15H22ClNO5. The number of Topliss-reactive ketones (excluding diaryl/α,β-unsaturated/α-hetero) is 1. The van der Waals surface area contributed by atoms with E-state index < -0.39 is 10.2 Å². The van der Waals surface area contributed by atoms with Gasteiger partial charge in [0.1, 0.15) is 0 Å². The van der Waals surface area contributed by atoms with Crippen LogP contribution in [0.15, 0.2) is 30.3 Å². The number of piperidine rings is 1. The second-order valence-corrected chi connectivity index (χ2v) is 5.98. The van der Waals surface area contributed by atoms with E-state index in [0.29, 0.717) is 6.42 Å². The summed E-state index contributed by atoms with van der Waals surface area (Å²) < 4.78 is 32.7. The molecular weight excluding hydrogens is 310 g/mol. The average Bonchev–Trinajstić information content (AvgIpc) is 2.47. The van der Waals surface area contributed by atoms with E-state index in [-0.39, 0.29) is 5.78 Å². The summed E-state index contributed by atoms with van der Waals surface area (Å²) in [6.45, 7) is 3.53. The van der Waals surface area contributed by atoms with Gasteiger partial charge in [0, 0.05) is 12.0 Å². The van der Waals surface area contributed by atoms with Crippen molar-refractivity contribution in [2.75, 3.05) is 19.6 Å². The van der Waals surface area contributed by atoms with Gasteiger partial charge in [0.05, 0.1) is 14.9 Å². The molecule has 0 aliphatic carbocycles. The molecule has 1 N–H and O–H groups in total. The summed E-state index contributed by atoms with van der Waals surface area (Å²) >= 11 is 0. The van der Waals surface area contributed by atoms with Crippen molar-refractivity contribution in [1.82, 2.24) is 4.90 Å². The second-order valence-electron chi connectivity index (χ2n) is 5.19. The first-order valence-electron chi connectivity index (χ1n) is 7.30. The van der Waals surface area contributed by atoms with Gasteiger partial charge >= 0.3 is 0 Å². The van der Waals surface area contributed by atoms with Crippen LogP contribution in [-0.4, -0.2) is 35.0 Å². The fourth-order valence-corrected chi connectivity index (χ4v) is 2.41. The Kier molecular flexibility index (Phi) is 8.55. The first-order chi connectivity index (χ1) is 10.4. The predicted octanol–water partition coefficient (Wildman–Crippen LogP) is -0.989. The fraction of sp³-hybridized carbons (Fsp3) is 0.533. The van der Waals surface area contributed by atoms with Crippen LogP contribution in [0, 0.1) is 10.2 Å².